The van der Waals surface area contributed by atoms with Gasteiger partial charge in [-0.05, 0) is 19.4 Å². The molecular weight excluding hydrogens is 207 g/mol. The number of nitrogens with one attached hydrogen (secondary N) is 1. The Morgan fingerprint density at radius 2 is 1.79 bits per heavy atom. The van der Waals surface area contributed by atoms with Gasteiger partial charge in [-0.25, -0.2) is 4.39 Å². The normalized spacial score (nSPS) is 15.8. The van der Waals surface area contributed by atoms with Crippen molar-refractivity contribution in [2.24, 2.45) is 0 Å². The summed E-state index contributed by atoms with van der Waals surface area (Å²) >= 11 is 0. The second kappa shape index (κ2) is 5.98. The van der Waals surface area contributed by atoms with E-state index in [2.05, 4.69) is 5.32 Å². The van der Waals surface area contributed by atoms with Crippen molar-refractivity contribution in [1.82, 2.24) is 10.2 Å². The fourth-order valence-corrected chi connectivity index (χ4v) is 1.22. The third-order valence-corrected chi connectivity index (χ3v) is 2.03. The van der Waals surface area contributed by atoms with Gasteiger partial charge in [-0.3, -0.25) is 4.79 Å². The van der Waals surface area contributed by atoms with E-state index in [0.717, 1.165) is 13.1 Å². The van der Waals surface area contributed by atoms with Gasteiger partial charge in [0.15, 0.2) is 5.83 Å². The topological polar surface area (TPSA) is 32.3 Å². The molecule has 1 saturated heterocycles. The highest BCUT2D eigenvalue weighted by atomic mass is 35.5. The van der Waals surface area contributed by atoms with Crippen molar-refractivity contribution in [3.05, 3.63) is 11.4 Å². The van der Waals surface area contributed by atoms with E-state index in [0.29, 0.717) is 18.7 Å². The van der Waals surface area contributed by atoms with E-state index in [9.17, 15) is 9.18 Å². The monoisotopic (exact) mass is 222 g/mol. The maximum absolute atomic E-state index is 13.2. The van der Waals surface area contributed by atoms with Crippen LogP contribution in [0.4, 0.5) is 4.39 Å². The summed E-state index contributed by atoms with van der Waals surface area (Å²) in [6, 6.07) is 0. The van der Waals surface area contributed by atoms with Gasteiger partial charge in [0.2, 0.25) is 0 Å². The molecule has 0 aromatic heterocycles. The maximum atomic E-state index is 13.2. The molecule has 1 amide bonds. The molecule has 14 heavy (non-hydrogen) atoms. The Morgan fingerprint density at radius 3 is 2.21 bits per heavy atom. The van der Waals surface area contributed by atoms with E-state index in [1.54, 1.807) is 18.7 Å². The highest BCUT2D eigenvalue weighted by Gasteiger charge is 2.20. The van der Waals surface area contributed by atoms with Crippen molar-refractivity contribution >= 4 is 18.3 Å². The van der Waals surface area contributed by atoms with Crippen LogP contribution >= 0.6 is 12.4 Å². The molecule has 1 aliphatic heterocycles. The Hall–Kier alpha value is -0.610. The molecule has 0 aromatic rings. The average molecular weight is 223 g/mol. The lowest BCUT2D eigenvalue weighted by Gasteiger charge is -2.26. The molecule has 1 N–H and O–H groups in total. The minimum atomic E-state index is -0.609. The van der Waals surface area contributed by atoms with Crippen LogP contribution in [-0.2, 0) is 4.79 Å². The molecule has 0 saturated carbocycles. The van der Waals surface area contributed by atoms with Crippen LogP contribution in [-0.4, -0.2) is 37.0 Å². The van der Waals surface area contributed by atoms with Crippen molar-refractivity contribution in [3.63, 3.8) is 0 Å². The summed E-state index contributed by atoms with van der Waals surface area (Å²) in [5.74, 6) is -1.08. The SMILES string of the molecule is CC(C)=C(F)C(=O)N1CCNCC1.Cl. The quantitative estimate of drug-likeness (QED) is 0.674. The standard InChI is InChI=1S/C9H15FN2O.ClH/c1-7(2)8(10)9(13)12-5-3-11-4-6-12;/h11H,3-6H2,1-2H3;1H. The molecule has 1 rings (SSSR count). The van der Waals surface area contributed by atoms with Crippen LogP contribution in [0.1, 0.15) is 13.8 Å². The number of amides is 1. The molecule has 0 atom stereocenters. The molecule has 3 nitrogen and oxygen atoms in total. The van der Waals surface area contributed by atoms with E-state index in [4.69, 9.17) is 0 Å². The molecule has 1 aliphatic rings. The third kappa shape index (κ3) is 3.27. The largest absolute Gasteiger partial charge is 0.334 e. The van der Waals surface area contributed by atoms with Gasteiger partial charge >= 0.3 is 0 Å². The summed E-state index contributed by atoms with van der Waals surface area (Å²) in [6.07, 6.45) is 0. The number of piperazine rings is 1. The summed E-state index contributed by atoms with van der Waals surface area (Å²) in [6.45, 7) is 5.91. The Balaban J connectivity index is 0.00000169. The maximum Gasteiger partial charge on any atom is 0.282 e. The molecule has 0 spiro atoms. The molecular formula is C9H16ClFN2O. The van der Waals surface area contributed by atoms with E-state index in [1.165, 1.54) is 0 Å². The van der Waals surface area contributed by atoms with E-state index in [1.807, 2.05) is 0 Å². The van der Waals surface area contributed by atoms with Crippen molar-refractivity contribution < 1.29 is 9.18 Å². The smallest absolute Gasteiger partial charge is 0.282 e. The van der Waals surface area contributed by atoms with E-state index < -0.39 is 11.7 Å². The van der Waals surface area contributed by atoms with Gasteiger partial charge in [-0.15, -0.1) is 12.4 Å². The fraction of sp³-hybridized carbons (Fsp3) is 0.667. The Kier molecular flexibility index (Phi) is 5.72. The first-order chi connectivity index (χ1) is 6.13. The predicted octanol–water partition coefficient (Wildman–Crippen LogP) is 1.10. The first-order valence-corrected chi connectivity index (χ1v) is 4.46. The lowest BCUT2D eigenvalue weighted by atomic mass is 10.2. The van der Waals surface area contributed by atoms with Crippen LogP contribution in [0.25, 0.3) is 0 Å². The Labute approximate surface area is 89.8 Å². The number of nitrogens with zero attached hydrogens (tertiary/aromatic N) is 1. The molecule has 1 fully saturated rings. The fourth-order valence-electron chi connectivity index (χ4n) is 1.22. The Bertz CT molecular complexity index is 233. The molecule has 0 radical (unpaired) electrons. The Morgan fingerprint density at radius 1 is 1.29 bits per heavy atom. The predicted molar refractivity (Wildman–Crippen MR) is 56.2 cm³/mol. The minimum Gasteiger partial charge on any atom is -0.334 e. The molecule has 0 unspecified atom stereocenters. The van der Waals surface area contributed by atoms with Gasteiger partial charge in [0.1, 0.15) is 0 Å². The third-order valence-electron chi connectivity index (χ3n) is 2.03. The number of hydrogen-bond acceptors (Lipinski definition) is 2. The number of carbonyl (C=O) groups is 1. The van der Waals surface area contributed by atoms with Gasteiger partial charge in [-0.1, -0.05) is 0 Å². The van der Waals surface area contributed by atoms with Crippen LogP contribution in [0, 0.1) is 0 Å². The number of halogens is 2. The van der Waals surface area contributed by atoms with E-state index in [-0.39, 0.29) is 12.4 Å². The average Bonchev–Trinajstić information content (AvgIpc) is 2.17. The summed E-state index contributed by atoms with van der Waals surface area (Å²) in [4.78, 5) is 12.9. The molecule has 5 heteroatoms. The van der Waals surface area contributed by atoms with Gasteiger partial charge in [-0.2, -0.15) is 0 Å². The van der Waals surface area contributed by atoms with Crippen LogP contribution in [0.15, 0.2) is 11.4 Å². The van der Waals surface area contributed by atoms with Crippen molar-refractivity contribution in [1.29, 1.82) is 0 Å². The van der Waals surface area contributed by atoms with Crippen LogP contribution in [0.5, 0.6) is 0 Å². The van der Waals surface area contributed by atoms with E-state index >= 15 is 0 Å². The van der Waals surface area contributed by atoms with Crippen molar-refractivity contribution in [3.8, 4) is 0 Å². The van der Waals surface area contributed by atoms with Gasteiger partial charge in [0, 0.05) is 26.2 Å². The van der Waals surface area contributed by atoms with Crippen molar-refractivity contribution in [2.75, 3.05) is 26.2 Å². The first kappa shape index (κ1) is 13.4. The molecule has 0 aliphatic carbocycles. The second-order valence-corrected chi connectivity index (χ2v) is 3.36. The van der Waals surface area contributed by atoms with Crippen LogP contribution in [0.2, 0.25) is 0 Å². The highest BCUT2D eigenvalue weighted by Crippen LogP contribution is 2.09. The minimum absolute atomic E-state index is 0. The number of hydrogen-bond donors (Lipinski definition) is 1. The van der Waals surface area contributed by atoms with Crippen LogP contribution in [0.3, 0.4) is 0 Å². The number of allylic oxidation sites excluding steroid dienone is 1. The molecule has 0 bridgehead atoms. The summed E-state index contributed by atoms with van der Waals surface area (Å²) in [7, 11) is 0. The molecule has 1 heterocycles. The molecule has 0 aromatic carbocycles. The number of rotatable bonds is 1. The summed E-state index contributed by atoms with van der Waals surface area (Å²) in [5.41, 5.74) is 0.448. The summed E-state index contributed by atoms with van der Waals surface area (Å²) in [5, 5.41) is 3.11. The van der Waals surface area contributed by atoms with Crippen molar-refractivity contribution in [2.45, 2.75) is 13.8 Å². The van der Waals surface area contributed by atoms with Gasteiger partial charge in [0.05, 0.1) is 0 Å². The first-order valence-electron chi connectivity index (χ1n) is 4.46. The summed E-state index contributed by atoms with van der Waals surface area (Å²) < 4.78 is 13.2. The second-order valence-electron chi connectivity index (χ2n) is 3.36. The lowest BCUT2D eigenvalue weighted by Crippen LogP contribution is -2.46. The van der Waals surface area contributed by atoms with Crippen LogP contribution < -0.4 is 5.32 Å². The lowest BCUT2D eigenvalue weighted by molar-refractivity contribution is -0.129. The zero-order valence-electron chi connectivity index (χ0n) is 8.47. The highest BCUT2D eigenvalue weighted by molar-refractivity contribution is 5.91. The molecule has 82 valence electrons. The zero-order valence-corrected chi connectivity index (χ0v) is 9.29. The van der Waals surface area contributed by atoms with Gasteiger partial charge in [0.25, 0.3) is 5.91 Å². The number of carbonyl (C=O) groups excluding carboxylic acids is 1. The van der Waals surface area contributed by atoms with Gasteiger partial charge < -0.3 is 10.2 Å². The zero-order chi connectivity index (χ0) is 9.84.